The maximum Gasteiger partial charge on any atom is 0.127 e. The smallest absolute Gasteiger partial charge is 0.127 e. The van der Waals surface area contributed by atoms with Crippen LogP contribution in [0.15, 0.2) is 24.0 Å². The number of benzene rings is 1. The molecule has 0 radical (unpaired) electrons. The fraction of sp³-hybridized carbons (Fsp3) is 0.692. The number of allylic oxidation sites excluding steroid dienone is 1. The lowest BCUT2D eigenvalue weighted by molar-refractivity contribution is -0.00142. The standard InChI is InChI=1S/C26H39BrO3/c1-25(2,12-8-6-7-9-13-27)19-15-22(28)24-20-14-18(17-29-5)10-11-21(20)26(3,4)30-23(24)16-19/h15-17,20-21,28H,6-14H2,1-5H3/t20-,21?/m1/s1. The highest BCUT2D eigenvalue weighted by atomic mass is 79.9. The van der Waals surface area contributed by atoms with Crippen LogP contribution in [0.4, 0.5) is 0 Å². The number of phenolic OH excluding ortho intramolecular Hbond substituents is 1. The first-order valence-electron chi connectivity index (χ1n) is 11.5. The number of alkyl halides is 1. The van der Waals surface area contributed by atoms with Gasteiger partial charge >= 0.3 is 0 Å². The highest BCUT2D eigenvalue weighted by molar-refractivity contribution is 9.09. The van der Waals surface area contributed by atoms with Crippen molar-refractivity contribution in [3.05, 3.63) is 35.1 Å². The second kappa shape index (κ2) is 9.54. The molecule has 0 saturated heterocycles. The molecular weight excluding hydrogens is 440 g/mol. The minimum absolute atomic E-state index is 0.0128. The Bertz CT molecular complexity index is 766. The largest absolute Gasteiger partial charge is 0.508 e. The molecule has 1 saturated carbocycles. The zero-order chi connectivity index (χ0) is 21.9. The summed E-state index contributed by atoms with van der Waals surface area (Å²) >= 11 is 3.51. The van der Waals surface area contributed by atoms with Crippen LogP contribution in [0.25, 0.3) is 0 Å². The minimum atomic E-state index is -0.235. The van der Waals surface area contributed by atoms with Crippen LogP contribution in [0.1, 0.15) is 96.1 Å². The van der Waals surface area contributed by atoms with Crippen LogP contribution in [-0.2, 0) is 10.2 Å². The quantitative estimate of drug-likeness (QED) is 0.237. The Labute approximate surface area is 191 Å². The van der Waals surface area contributed by atoms with Gasteiger partial charge in [-0.25, -0.2) is 0 Å². The second-order valence-corrected chi connectivity index (χ2v) is 11.1. The van der Waals surface area contributed by atoms with Crippen molar-refractivity contribution in [1.82, 2.24) is 0 Å². The highest BCUT2D eigenvalue weighted by Gasteiger charge is 2.47. The van der Waals surface area contributed by atoms with Gasteiger partial charge in [0.25, 0.3) is 0 Å². The topological polar surface area (TPSA) is 38.7 Å². The first-order chi connectivity index (χ1) is 14.2. The average Bonchev–Trinajstić information content (AvgIpc) is 2.67. The molecule has 2 aliphatic rings. The predicted molar refractivity (Wildman–Crippen MR) is 128 cm³/mol. The van der Waals surface area contributed by atoms with Gasteiger partial charge in [-0.2, -0.15) is 0 Å². The van der Waals surface area contributed by atoms with Crippen LogP contribution < -0.4 is 4.74 Å². The maximum atomic E-state index is 11.1. The average molecular weight is 479 g/mol. The third-order valence-electron chi connectivity index (χ3n) is 7.25. The summed E-state index contributed by atoms with van der Waals surface area (Å²) in [5.41, 5.74) is 3.28. The minimum Gasteiger partial charge on any atom is -0.508 e. The van der Waals surface area contributed by atoms with E-state index < -0.39 is 0 Å². The Morgan fingerprint density at radius 1 is 1.23 bits per heavy atom. The molecule has 0 aromatic heterocycles. The summed E-state index contributed by atoms with van der Waals surface area (Å²) in [4.78, 5) is 0. The third-order valence-corrected chi connectivity index (χ3v) is 7.81. The van der Waals surface area contributed by atoms with Gasteiger partial charge in [0, 0.05) is 22.7 Å². The second-order valence-electron chi connectivity index (χ2n) is 10.3. The van der Waals surface area contributed by atoms with Crippen molar-refractivity contribution in [2.75, 3.05) is 12.4 Å². The molecule has 1 aliphatic carbocycles. The van der Waals surface area contributed by atoms with Gasteiger partial charge in [0.1, 0.15) is 17.1 Å². The Morgan fingerprint density at radius 2 is 1.97 bits per heavy atom. The summed E-state index contributed by atoms with van der Waals surface area (Å²) in [5, 5.41) is 12.2. The van der Waals surface area contributed by atoms with E-state index >= 15 is 0 Å². The number of fused-ring (bicyclic) bond motifs is 3. The van der Waals surface area contributed by atoms with E-state index in [0.717, 1.165) is 42.3 Å². The van der Waals surface area contributed by atoms with Gasteiger partial charge in [0.2, 0.25) is 0 Å². The molecule has 3 rings (SSSR count). The molecule has 1 heterocycles. The van der Waals surface area contributed by atoms with E-state index in [-0.39, 0.29) is 16.9 Å². The Hall–Kier alpha value is -1.16. The van der Waals surface area contributed by atoms with Crippen molar-refractivity contribution in [2.24, 2.45) is 5.92 Å². The fourth-order valence-corrected chi connectivity index (χ4v) is 5.85. The van der Waals surface area contributed by atoms with Gasteiger partial charge in [-0.1, -0.05) is 49.0 Å². The normalized spacial score (nSPS) is 24.1. The van der Waals surface area contributed by atoms with Crippen molar-refractivity contribution in [2.45, 2.75) is 96.0 Å². The Kier molecular flexibility index (Phi) is 7.48. The summed E-state index contributed by atoms with van der Waals surface area (Å²) in [5.74, 6) is 1.96. The molecule has 1 aromatic carbocycles. The number of hydrogen-bond acceptors (Lipinski definition) is 3. The van der Waals surface area contributed by atoms with E-state index in [1.165, 1.54) is 36.8 Å². The molecule has 0 spiro atoms. The van der Waals surface area contributed by atoms with E-state index in [1.54, 1.807) is 7.11 Å². The summed E-state index contributed by atoms with van der Waals surface area (Å²) in [6, 6.07) is 4.21. The van der Waals surface area contributed by atoms with Crippen LogP contribution in [0.5, 0.6) is 11.5 Å². The number of unbranched alkanes of at least 4 members (excludes halogenated alkanes) is 3. The lowest BCUT2D eigenvalue weighted by Gasteiger charge is -2.48. The van der Waals surface area contributed by atoms with Gasteiger partial charge in [-0.05, 0) is 74.6 Å². The van der Waals surface area contributed by atoms with Crippen molar-refractivity contribution >= 4 is 15.9 Å². The number of hydrogen-bond donors (Lipinski definition) is 1. The van der Waals surface area contributed by atoms with Crippen LogP contribution in [0, 0.1) is 5.92 Å². The molecule has 0 bridgehead atoms. The van der Waals surface area contributed by atoms with Gasteiger partial charge < -0.3 is 14.6 Å². The van der Waals surface area contributed by atoms with Crippen molar-refractivity contribution in [3.8, 4) is 11.5 Å². The number of methoxy groups -OCH3 is 1. The molecule has 1 aromatic rings. The molecule has 3 nitrogen and oxygen atoms in total. The first kappa shape index (κ1) is 23.5. The van der Waals surface area contributed by atoms with Crippen molar-refractivity contribution in [3.63, 3.8) is 0 Å². The van der Waals surface area contributed by atoms with Crippen LogP contribution in [0.3, 0.4) is 0 Å². The van der Waals surface area contributed by atoms with E-state index in [4.69, 9.17) is 9.47 Å². The molecule has 30 heavy (non-hydrogen) atoms. The van der Waals surface area contributed by atoms with Crippen molar-refractivity contribution < 1.29 is 14.6 Å². The summed E-state index contributed by atoms with van der Waals surface area (Å²) in [6.45, 7) is 8.99. The zero-order valence-electron chi connectivity index (χ0n) is 19.4. The van der Waals surface area contributed by atoms with Gasteiger partial charge in [0.15, 0.2) is 0 Å². The lowest BCUT2D eigenvalue weighted by atomic mass is 9.65. The summed E-state index contributed by atoms with van der Waals surface area (Å²) in [6.07, 6.45) is 11.0. The predicted octanol–water partition coefficient (Wildman–Crippen LogP) is 7.60. The highest BCUT2D eigenvalue weighted by Crippen LogP contribution is 2.56. The van der Waals surface area contributed by atoms with E-state index in [2.05, 4.69) is 49.7 Å². The summed E-state index contributed by atoms with van der Waals surface area (Å²) < 4.78 is 11.8. The van der Waals surface area contributed by atoms with Crippen molar-refractivity contribution in [1.29, 1.82) is 0 Å². The number of ether oxygens (including phenoxy) is 2. The molecule has 0 amide bonds. The maximum absolute atomic E-state index is 11.1. The van der Waals surface area contributed by atoms with Crippen LogP contribution in [-0.4, -0.2) is 23.1 Å². The van der Waals surface area contributed by atoms with Gasteiger partial charge in [-0.15, -0.1) is 0 Å². The molecule has 1 N–H and O–H groups in total. The fourth-order valence-electron chi connectivity index (χ4n) is 5.46. The molecule has 2 atom stereocenters. The van der Waals surface area contributed by atoms with E-state index in [0.29, 0.717) is 11.7 Å². The lowest BCUT2D eigenvalue weighted by Crippen LogP contribution is -2.46. The molecule has 1 unspecified atom stereocenters. The van der Waals surface area contributed by atoms with Gasteiger partial charge in [-0.3, -0.25) is 0 Å². The third kappa shape index (κ3) is 5.00. The van der Waals surface area contributed by atoms with Gasteiger partial charge in [0.05, 0.1) is 13.4 Å². The van der Waals surface area contributed by atoms with E-state index in [1.807, 2.05) is 12.3 Å². The number of halogens is 1. The molecule has 1 aliphatic heterocycles. The van der Waals surface area contributed by atoms with Crippen LogP contribution in [0.2, 0.25) is 0 Å². The Balaban J connectivity index is 1.87. The Morgan fingerprint density at radius 3 is 2.67 bits per heavy atom. The van der Waals surface area contributed by atoms with Crippen LogP contribution >= 0.6 is 15.9 Å². The SMILES string of the molecule is COC=C1CCC2[C@@H](C1)c1c(O)cc(C(C)(C)CCCCCCBr)cc1OC2(C)C. The zero-order valence-corrected chi connectivity index (χ0v) is 21.0. The number of phenols is 1. The molecule has 168 valence electrons. The molecule has 1 fully saturated rings. The monoisotopic (exact) mass is 478 g/mol. The number of aromatic hydroxyl groups is 1. The molecule has 4 heteroatoms. The first-order valence-corrected chi connectivity index (χ1v) is 12.6. The number of rotatable bonds is 8. The molecular formula is C26H39BrO3. The van der Waals surface area contributed by atoms with E-state index in [9.17, 15) is 5.11 Å². The summed E-state index contributed by atoms with van der Waals surface area (Å²) in [7, 11) is 1.71.